The molecule has 0 spiro atoms. The summed E-state index contributed by atoms with van der Waals surface area (Å²) in [6.45, 7) is 7.77. The van der Waals surface area contributed by atoms with Gasteiger partial charge in [-0.2, -0.15) is 18.2 Å². The predicted molar refractivity (Wildman–Crippen MR) is 59.9 cm³/mol. The number of nitrogens with one attached hydrogen (secondary N) is 1. The van der Waals surface area contributed by atoms with Crippen molar-refractivity contribution in [3.63, 3.8) is 0 Å². The van der Waals surface area contributed by atoms with Crippen LogP contribution >= 0.6 is 0 Å². The second-order valence-corrected chi connectivity index (χ2v) is 3.91. The molecule has 0 heterocycles. The quantitative estimate of drug-likeness (QED) is 0.332. The van der Waals surface area contributed by atoms with Gasteiger partial charge in [-0.05, 0) is 13.8 Å². The van der Waals surface area contributed by atoms with E-state index in [0.29, 0.717) is 0 Å². The van der Waals surface area contributed by atoms with Gasteiger partial charge in [0.05, 0.1) is 0 Å². The molecule has 1 aromatic rings. The van der Waals surface area contributed by atoms with Gasteiger partial charge in [0.2, 0.25) is 0 Å². The molecule has 0 aliphatic carbocycles. The maximum atomic E-state index is 7.39. The molecule has 0 aliphatic heterocycles. The molecule has 16 heavy (non-hydrogen) atoms. The van der Waals surface area contributed by atoms with Crippen LogP contribution in [0.15, 0.2) is 42.0 Å². The summed E-state index contributed by atoms with van der Waals surface area (Å²) in [6, 6.07) is 10.0. The van der Waals surface area contributed by atoms with Crippen LogP contribution in [-0.2, 0) is 21.7 Å². The molecule has 0 atom stereocenters. The maximum absolute atomic E-state index is 7.39. The van der Waals surface area contributed by atoms with Crippen molar-refractivity contribution in [2.45, 2.75) is 33.2 Å². The standard InChI is InChI=1S/C7H14N.C5H5.2ClH.Ti/c1-6(2)5-7(3,4)8;1-2-4-5-3-1;;;/h5,8H,1-4H3;1-5H;2*1H;/q2*-1;;;+4/p-2. The summed E-state index contributed by atoms with van der Waals surface area (Å²) < 4.78 is 0. The van der Waals surface area contributed by atoms with Crippen molar-refractivity contribution in [1.82, 2.24) is 0 Å². The van der Waals surface area contributed by atoms with Crippen LogP contribution in [0.5, 0.6) is 0 Å². The van der Waals surface area contributed by atoms with Gasteiger partial charge in [0, 0.05) is 0 Å². The molecule has 1 N–H and O–H groups in total. The van der Waals surface area contributed by atoms with E-state index in [-0.39, 0.29) is 46.5 Å². The molecule has 0 aromatic heterocycles. The van der Waals surface area contributed by atoms with Crippen LogP contribution in [0.25, 0.3) is 5.73 Å². The number of hydrogen-bond donors (Lipinski definition) is 0. The third-order valence-corrected chi connectivity index (χ3v) is 1.21. The Labute approximate surface area is 127 Å². The zero-order valence-corrected chi connectivity index (χ0v) is 13.3. The van der Waals surface area contributed by atoms with Crippen molar-refractivity contribution in [2.24, 2.45) is 0 Å². The topological polar surface area (TPSA) is 23.8 Å². The number of rotatable bonds is 1. The molecule has 1 rings (SSSR count). The molecule has 90 valence electrons. The molecule has 0 radical (unpaired) electrons. The first-order valence-electron chi connectivity index (χ1n) is 4.49. The van der Waals surface area contributed by atoms with Gasteiger partial charge >= 0.3 is 21.7 Å². The Bertz CT molecular complexity index is 217. The van der Waals surface area contributed by atoms with Crippen LogP contribution in [0.3, 0.4) is 0 Å². The third kappa shape index (κ3) is 23.9. The second kappa shape index (κ2) is 13.4. The van der Waals surface area contributed by atoms with Crippen molar-refractivity contribution >= 4 is 0 Å². The molecule has 4 heteroatoms. The van der Waals surface area contributed by atoms with Crippen molar-refractivity contribution < 1.29 is 46.5 Å². The van der Waals surface area contributed by atoms with Gasteiger partial charge in [-0.1, -0.05) is 19.4 Å². The summed E-state index contributed by atoms with van der Waals surface area (Å²) in [6.07, 6.45) is 1.94. The van der Waals surface area contributed by atoms with Gasteiger partial charge in [0.15, 0.2) is 0 Å². The van der Waals surface area contributed by atoms with Crippen LogP contribution in [-0.4, -0.2) is 5.54 Å². The molecular weight excluding hydrogens is 277 g/mol. The summed E-state index contributed by atoms with van der Waals surface area (Å²) >= 11 is 0. The normalized spacial score (nSPS) is 8.06. The fourth-order valence-corrected chi connectivity index (χ4v) is 1.04. The van der Waals surface area contributed by atoms with Gasteiger partial charge in [-0.25, -0.2) is 12.1 Å². The first kappa shape index (κ1) is 25.3. The average molecular weight is 296 g/mol. The largest absolute Gasteiger partial charge is 4.00 e. The van der Waals surface area contributed by atoms with E-state index in [9.17, 15) is 0 Å². The van der Waals surface area contributed by atoms with Gasteiger partial charge in [-0.15, -0.1) is 11.6 Å². The zero-order chi connectivity index (χ0) is 10.3. The van der Waals surface area contributed by atoms with E-state index in [1.165, 1.54) is 5.57 Å². The summed E-state index contributed by atoms with van der Waals surface area (Å²) in [7, 11) is 0. The SMILES string of the molecule is CC(C)=CC(C)(C)[NH-].[Cl-].[Cl-].[Ti+4].c1cc[cH-]c1. The molecule has 0 fully saturated rings. The van der Waals surface area contributed by atoms with E-state index >= 15 is 0 Å². The van der Waals surface area contributed by atoms with Crippen LogP contribution in [0.4, 0.5) is 0 Å². The molecule has 0 saturated carbocycles. The fraction of sp³-hybridized carbons (Fsp3) is 0.417. The molecular formula is C12H19Cl2NTi. The summed E-state index contributed by atoms with van der Waals surface area (Å²) in [5, 5.41) is 0. The monoisotopic (exact) mass is 295 g/mol. The maximum Gasteiger partial charge on any atom is 4.00 e. The molecule has 0 unspecified atom stereocenters. The predicted octanol–water partition coefficient (Wildman–Crippen LogP) is -1.81. The molecule has 0 saturated heterocycles. The summed E-state index contributed by atoms with van der Waals surface area (Å²) in [4.78, 5) is 0. The molecule has 0 amide bonds. The smallest absolute Gasteiger partial charge is 1.00 e. The van der Waals surface area contributed by atoms with Crippen molar-refractivity contribution in [1.29, 1.82) is 0 Å². The number of allylic oxidation sites excluding steroid dienone is 1. The number of hydrogen-bond acceptors (Lipinski definition) is 0. The van der Waals surface area contributed by atoms with E-state index in [4.69, 9.17) is 5.73 Å². The van der Waals surface area contributed by atoms with Gasteiger partial charge in [-0.3, -0.25) is 0 Å². The Morgan fingerprint density at radius 1 is 1.12 bits per heavy atom. The Hall–Kier alpha value is 0.344. The third-order valence-electron chi connectivity index (χ3n) is 1.21. The van der Waals surface area contributed by atoms with Crippen molar-refractivity contribution in [2.75, 3.05) is 0 Å². The van der Waals surface area contributed by atoms with E-state index in [1.807, 2.05) is 64.1 Å². The second-order valence-electron chi connectivity index (χ2n) is 3.91. The average Bonchev–Trinajstić information content (AvgIpc) is 2.33. The summed E-state index contributed by atoms with van der Waals surface area (Å²) in [5.74, 6) is 0. The van der Waals surface area contributed by atoms with Crippen molar-refractivity contribution in [3.05, 3.63) is 47.7 Å². The Kier molecular flexibility index (Phi) is 21.2. The Morgan fingerprint density at radius 3 is 1.56 bits per heavy atom. The van der Waals surface area contributed by atoms with Crippen LogP contribution in [0.2, 0.25) is 0 Å². The Morgan fingerprint density at radius 2 is 1.50 bits per heavy atom. The zero-order valence-electron chi connectivity index (χ0n) is 10.2. The van der Waals surface area contributed by atoms with Crippen LogP contribution in [0, 0.1) is 0 Å². The van der Waals surface area contributed by atoms with Crippen molar-refractivity contribution in [3.8, 4) is 0 Å². The first-order valence-corrected chi connectivity index (χ1v) is 4.49. The van der Waals surface area contributed by atoms with E-state index in [1.54, 1.807) is 0 Å². The van der Waals surface area contributed by atoms with Gasteiger partial charge in [0.1, 0.15) is 0 Å². The molecule has 0 bridgehead atoms. The minimum atomic E-state index is -0.390. The first-order chi connectivity index (χ1) is 5.92. The molecule has 1 nitrogen and oxygen atoms in total. The minimum Gasteiger partial charge on any atom is -1.00 e. The van der Waals surface area contributed by atoms with E-state index in [0.717, 1.165) is 0 Å². The summed E-state index contributed by atoms with van der Waals surface area (Å²) in [5.41, 5.74) is 8.21. The van der Waals surface area contributed by atoms with E-state index in [2.05, 4.69) is 0 Å². The van der Waals surface area contributed by atoms with Crippen LogP contribution < -0.4 is 24.8 Å². The van der Waals surface area contributed by atoms with E-state index < -0.39 is 5.54 Å². The minimum absolute atomic E-state index is 0. The van der Waals surface area contributed by atoms with Crippen LogP contribution in [0.1, 0.15) is 27.7 Å². The number of halogens is 2. The molecule has 1 aromatic carbocycles. The fourth-order valence-electron chi connectivity index (χ4n) is 1.04. The van der Waals surface area contributed by atoms with Gasteiger partial charge < -0.3 is 30.5 Å². The Balaban J connectivity index is -0.0000000798. The van der Waals surface area contributed by atoms with Gasteiger partial charge in [0.25, 0.3) is 0 Å². The molecule has 0 aliphatic rings.